The van der Waals surface area contributed by atoms with Crippen LogP contribution in [0, 0.1) is 0 Å². The number of benzene rings is 1. The molecule has 2 heterocycles. The smallest absolute Gasteiger partial charge is 0.343 e. The van der Waals surface area contributed by atoms with E-state index in [-0.39, 0.29) is 24.6 Å². The molecule has 1 fully saturated rings. The van der Waals surface area contributed by atoms with E-state index in [0.29, 0.717) is 5.82 Å². The van der Waals surface area contributed by atoms with Crippen molar-refractivity contribution in [3.63, 3.8) is 0 Å². The molecule has 31 heavy (non-hydrogen) atoms. The van der Waals surface area contributed by atoms with Crippen LogP contribution in [0.5, 0.6) is 5.75 Å². The van der Waals surface area contributed by atoms with Crippen molar-refractivity contribution in [1.29, 1.82) is 0 Å². The first-order valence-electron chi connectivity index (χ1n) is 10.6. The van der Waals surface area contributed by atoms with Gasteiger partial charge in [-0.25, -0.2) is 4.79 Å². The van der Waals surface area contributed by atoms with E-state index in [1.54, 1.807) is 21.1 Å². The third-order valence-electron chi connectivity index (χ3n) is 5.40. The number of hydrogen-bond acceptors (Lipinski definition) is 7. The van der Waals surface area contributed by atoms with Crippen LogP contribution in [0.3, 0.4) is 0 Å². The molecule has 1 aliphatic rings. The second-order valence-electron chi connectivity index (χ2n) is 7.51. The molecule has 0 saturated carbocycles. The number of esters is 1. The van der Waals surface area contributed by atoms with Crippen molar-refractivity contribution >= 4 is 17.7 Å². The minimum atomic E-state index is -0.489. The number of rotatable bonds is 9. The Morgan fingerprint density at radius 3 is 2.42 bits per heavy atom. The quantitative estimate of drug-likeness (QED) is 0.603. The van der Waals surface area contributed by atoms with Gasteiger partial charge in [0.2, 0.25) is 5.91 Å². The molecule has 1 N–H and O–H groups in total. The fourth-order valence-electron chi connectivity index (χ4n) is 3.57. The SMILES string of the molecule is CCOC(=O)c1cnn(C)c1NC(=O)CN1CCN(CCc2ccc(OC)cc2)CC1. The van der Waals surface area contributed by atoms with E-state index < -0.39 is 5.97 Å². The number of anilines is 1. The lowest BCUT2D eigenvalue weighted by Gasteiger charge is -2.34. The van der Waals surface area contributed by atoms with Gasteiger partial charge in [-0.15, -0.1) is 0 Å². The number of nitrogens with one attached hydrogen (secondary N) is 1. The predicted octanol–water partition coefficient (Wildman–Crippen LogP) is 1.40. The van der Waals surface area contributed by atoms with Crippen molar-refractivity contribution in [2.45, 2.75) is 13.3 Å². The summed E-state index contributed by atoms with van der Waals surface area (Å²) in [4.78, 5) is 29.1. The number of methoxy groups -OCH3 is 1. The lowest BCUT2D eigenvalue weighted by Crippen LogP contribution is -2.49. The molecule has 0 unspecified atom stereocenters. The molecule has 2 aromatic rings. The van der Waals surface area contributed by atoms with Crippen LogP contribution in [0.2, 0.25) is 0 Å². The van der Waals surface area contributed by atoms with Crippen molar-refractivity contribution in [1.82, 2.24) is 19.6 Å². The fraction of sp³-hybridized carbons (Fsp3) is 0.500. The first kappa shape index (κ1) is 22.8. The maximum atomic E-state index is 12.5. The van der Waals surface area contributed by atoms with Crippen LogP contribution in [-0.4, -0.2) is 84.4 Å². The zero-order chi connectivity index (χ0) is 22.2. The van der Waals surface area contributed by atoms with Crippen LogP contribution in [0.1, 0.15) is 22.8 Å². The Kier molecular flexibility index (Phi) is 8.02. The summed E-state index contributed by atoms with van der Waals surface area (Å²) in [5.74, 6) is 0.579. The first-order chi connectivity index (χ1) is 15.0. The zero-order valence-corrected chi connectivity index (χ0v) is 18.5. The number of carbonyl (C=O) groups is 2. The van der Waals surface area contributed by atoms with E-state index >= 15 is 0 Å². The average Bonchev–Trinajstić information content (AvgIpc) is 3.14. The monoisotopic (exact) mass is 429 g/mol. The summed E-state index contributed by atoms with van der Waals surface area (Å²) < 4.78 is 11.7. The van der Waals surface area contributed by atoms with Gasteiger partial charge in [-0.2, -0.15) is 5.10 Å². The van der Waals surface area contributed by atoms with E-state index in [9.17, 15) is 9.59 Å². The third-order valence-corrected chi connectivity index (χ3v) is 5.40. The highest BCUT2D eigenvalue weighted by atomic mass is 16.5. The highest BCUT2D eigenvalue weighted by Crippen LogP contribution is 2.16. The van der Waals surface area contributed by atoms with Crippen molar-refractivity contribution in [3.8, 4) is 5.75 Å². The summed E-state index contributed by atoms with van der Waals surface area (Å²) in [6.45, 7) is 6.77. The molecule has 9 heteroatoms. The molecule has 9 nitrogen and oxygen atoms in total. The largest absolute Gasteiger partial charge is 0.497 e. The lowest BCUT2D eigenvalue weighted by atomic mass is 10.1. The number of amides is 1. The molecule has 0 bridgehead atoms. The second-order valence-corrected chi connectivity index (χ2v) is 7.51. The van der Waals surface area contributed by atoms with Gasteiger partial charge in [0.05, 0.1) is 26.5 Å². The van der Waals surface area contributed by atoms with Gasteiger partial charge in [-0.05, 0) is 31.0 Å². The van der Waals surface area contributed by atoms with Crippen LogP contribution in [0.25, 0.3) is 0 Å². The minimum Gasteiger partial charge on any atom is -0.497 e. The number of ether oxygens (including phenoxy) is 2. The van der Waals surface area contributed by atoms with Gasteiger partial charge in [-0.1, -0.05) is 12.1 Å². The second kappa shape index (κ2) is 10.9. The van der Waals surface area contributed by atoms with E-state index in [1.165, 1.54) is 16.4 Å². The van der Waals surface area contributed by atoms with E-state index in [0.717, 1.165) is 44.9 Å². The minimum absolute atomic E-state index is 0.166. The number of aromatic nitrogens is 2. The van der Waals surface area contributed by atoms with Crippen LogP contribution in [0.15, 0.2) is 30.5 Å². The molecule has 1 amide bonds. The lowest BCUT2D eigenvalue weighted by molar-refractivity contribution is -0.117. The van der Waals surface area contributed by atoms with E-state index in [1.807, 2.05) is 12.1 Å². The molecule has 1 aromatic carbocycles. The average molecular weight is 430 g/mol. The Morgan fingerprint density at radius 1 is 1.10 bits per heavy atom. The highest BCUT2D eigenvalue weighted by molar-refractivity contribution is 6.00. The van der Waals surface area contributed by atoms with Crippen molar-refractivity contribution in [3.05, 3.63) is 41.6 Å². The molecule has 0 aliphatic carbocycles. The van der Waals surface area contributed by atoms with E-state index in [4.69, 9.17) is 9.47 Å². The molecule has 1 aromatic heterocycles. The van der Waals surface area contributed by atoms with E-state index in [2.05, 4.69) is 32.3 Å². The Hall–Kier alpha value is -2.91. The summed E-state index contributed by atoms with van der Waals surface area (Å²) in [5, 5.41) is 6.87. The highest BCUT2D eigenvalue weighted by Gasteiger charge is 2.22. The fourth-order valence-corrected chi connectivity index (χ4v) is 3.57. The van der Waals surface area contributed by atoms with Gasteiger partial charge in [0.15, 0.2) is 0 Å². The molecule has 1 aliphatic heterocycles. The van der Waals surface area contributed by atoms with Gasteiger partial charge in [0.25, 0.3) is 0 Å². The van der Waals surface area contributed by atoms with Crippen molar-refractivity contribution < 1.29 is 19.1 Å². The Balaban J connectivity index is 1.43. The summed E-state index contributed by atoms with van der Waals surface area (Å²) in [6.07, 6.45) is 2.40. The number of nitrogens with zero attached hydrogens (tertiary/aromatic N) is 4. The standard InChI is InChI=1S/C22H31N5O4/c1-4-31-22(29)19-15-23-25(2)21(19)24-20(28)16-27-13-11-26(12-14-27)10-9-17-5-7-18(30-3)8-6-17/h5-8,15H,4,9-14,16H2,1-3H3,(H,24,28). The number of aryl methyl sites for hydroxylation is 1. The third kappa shape index (κ3) is 6.28. The number of piperazine rings is 1. The van der Waals surface area contributed by atoms with Crippen molar-refractivity contribution in [2.75, 3.05) is 58.3 Å². The normalized spacial score (nSPS) is 14.9. The Morgan fingerprint density at radius 2 is 1.77 bits per heavy atom. The molecule has 0 radical (unpaired) electrons. The molecule has 0 atom stereocenters. The molecular formula is C22H31N5O4. The molecule has 3 rings (SSSR count). The van der Waals surface area contributed by atoms with Crippen LogP contribution in [0.4, 0.5) is 5.82 Å². The molecule has 1 saturated heterocycles. The molecule has 168 valence electrons. The summed E-state index contributed by atoms with van der Waals surface area (Å²) in [6, 6.07) is 8.17. The topological polar surface area (TPSA) is 88.9 Å². The summed E-state index contributed by atoms with van der Waals surface area (Å²) >= 11 is 0. The van der Waals surface area contributed by atoms with Gasteiger partial charge < -0.3 is 19.7 Å². The Labute approximate surface area is 182 Å². The van der Waals surface area contributed by atoms with Crippen molar-refractivity contribution in [2.24, 2.45) is 7.05 Å². The van der Waals surface area contributed by atoms with Crippen LogP contribution in [-0.2, 0) is 23.0 Å². The van der Waals surface area contributed by atoms with Gasteiger partial charge >= 0.3 is 5.97 Å². The van der Waals surface area contributed by atoms with Gasteiger partial charge in [-0.3, -0.25) is 14.4 Å². The predicted molar refractivity (Wildman–Crippen MR) is 117 cm³/mol. The summed E-state index contributed by atoms with van der Waals surface area (Å²) in [7, 11) is 3.35. The van der Waals surface area contributed by atoms with Gasteiger partial charge in [0, 0.05) is 39.8 Å². The molecule has 0 spiro atoms. The maximum Gasteiger partial charge on any atom is 0.343 e. The van der Waals surface area contributed by atoms with Crippen LogP contribution < -0.4 is 10.1 Å². The number of carbonyl (C=O) groups excluding carboxylic acids is 2. The number of hydrogen-bond donors (Lipinski definition) is 1. The maximum absolute atomic E-state index is 12.5. The van der Waals surface area contributed by atoms with Crippen LogP contribution >= 0.6 is 0 Å². The molecular weight excluding hydrogens is 398 g/mol. The van der Waals surface area contributed by atoms with Gasteiger partial charge in [0.1, 0.15) is 17.1 Å². The summed E-state index contributed by atoms with van der Waals surface area (Å²) in [5.41, 5.74) is 1.55. The zero-order valence-electron chi connectivity index (χ0n) is 18.5. The first-order valence-corrected chi connectivity index (χ1v) is 10.6. The Bertz CT molecular complexity index is 873.